The minimum atomic E-state index is -4.59. The van der Waals surface area contributed by atoms with Gasteiger partial charge in [-0.05, 0) is 34.2 Å². The molecule has 0 spiro atoms. The molecule has 1 fully saturated rings. The zero-order chi connectivity index (χ0) is 14.2. The molecule has 1 atom stereocenters. The normalized spacial score (nSPS) is 20.1. The van der Waals surface area contributed by atoms with Crippen LogP contribution in [0.25, 0.3) is 0 Å². The van der Waals surface area contributed by atoms with Crippen LogP contribution in [0.4, 0.5) is 9.70 Å². The summed E-state index contributed by atoms with van der Waals surface area (Å²) < 4.78 is 34.5. The highest BCUT2D eigenvalue weighted by molar-refractivity contribution is 14.1. The molecule has 1 unspecified atom stereocenters. The zero-order valence-corrected chi connectivity index (χ0v) is 13.1. The molecule has 6 nitrogen and oxygen atoms in total. The molecule has 104 valence electrons. The SMILES string of the molecule is O=C1CC(CS(=O)(=O)F)CN1c1nc(Cl)ncc1I. The summed E-state index contributed by atoms with van der Waals surface area (Å²) in [6.07, 6.45) is 1.43. The molecule has 0 N–H and O–H groups in total. The van der Waals surface area contributed by atoms with Gasteiger partial charge in [0.1, 0.15) is 0 Å². The second-order valence-electron chi connectivity index (χ2n) is 4.09. The Morgan fingerprint density at radius 1 is 1.58 bits per heavy atom. The number of amides is 1. The summed E-state index contributed by atoms with van der Waals surface area (Å²) in [6.45, 7) is 0.103. The standard InChI is InChI=1S/C9H8ClFIN3O3S/c10-9-13-2-6(12)8(14-9)15-3-5(1-7(15)16)4-19(11,17)18/h2,5H,1,3-4H2. The number of halogens is 3. The monoisotopic (exact) mass is 419 g/mol. The maximum Gasteiger partial charge on any atom is 0.302 e. The summed E-state index contributed by atoms with van der Waals surface area (Å²) in [7, 11) is -4.59. The van der Waals surface area contributed by atoms with E-state index in [1.165, 1.54) is 11.1 Å². The Balaban J connectivity index is 2.23. The summed E-state index contributed by atoms with van der Waals surface area (Å²) >= 11 is 7.61. The van der Waals surface area contributed by atoms with Gasteiger partial charge < -0.3 is 0 Å². The van der Waals surface area contributed by atoms with Gasteiger partial charge in [-0.2, -0.15) is 13.4 Å². The van der Waals surface area contributed by atoms with Crippen molar-refractivity contribution in [1.29, 1.82) is 0 Å². The van der Waals surface area contributed by atoms with Crippen molar-refractivity contribution in [2.24, 2.45) is 5.92 Å². The Kier molecular flexibility index (Phi) is 4.26. The quantitative estimate of drug-likeness (QED) is 0.420. The number of carbonyl (C=O) groups is 1. The molecular weight excluding hydrogens is 412 g/mol. The van der Waals surface area contributed by atoms with Gasteiger partial charge in [-0.1, -0.05) is 0 Å². The Labute approximate surface area is 127 Å². The summed E-state index contributed by atoms with van der Waals surface area (Å²) in [5, 5.41) is -0.00946. The topological polar surface area (TPSA) is 80.2 Å². The van der Waals surface area contributed by atoms with Crippen molar-refractivity contribution in [3.05, 3.63) is 15.1 Å². The lowest BCUT2D eigenvalue weighted by atomic mass is 10.1. The third-order valence-electron chi connectivity index (χ3n) is 2.59. The number of nitrogens with zero attached hydrogens (tertiary/aromatic N) is 3. The first-order valence-electron chi connectivity index (χ1n) is 5.17. The zero-order valence-electron chi connectivity index (χ0n) is 9.38. The fourth-order valence-corrected chi connectivity index (χ4v) is 3.37. The Hall–Kier alpha value is -0.550. The highest BCUT2D eigenvalue weighted by Gasteiger charge is 2.35. The number of aromatic nitrogens is 2. The molecular formula is C9H8ClFIN3O3S. The van der Waals surface area contributed by atoms with E-state index in [2.05, 4.69) is 9.97 Å². The summed E-state index contributed by atoms with van der Waals surface area (Å²) in [6, 6.07) is 0. The van der Waals surface area contributed by atoms with Crippen LogP contribution in [0.5, 0.6) is 0 Å². The third-order valence-corrected chi connectivity index (χ3v) is 4.40. The molecule has 0 bridgehead atoms. The number of carbonyl (C=O) groups excluding carboxylic acids is 1. The highest BCUT2D eigenvalue weighted by Crippen LogP contribution is 2.28. The second kappa shape index (κ2) is 5.44. The van der Waals surface area contributed by atoms with E-state index in [0.717, 1.165) is 0 Å². The van der Waals surface area contributed by atoms with E-state index in [0.29, 0.717) is 9.39 Å². The van der Waals surface area contributed by atoms with E-state index in [1.807, 2.05) is 22.6 Å². The van der Waals surface area contributed by atoms with Crippen molar-refractivity contribution in [3.8, 4) is 0 Å². The number of hydrogen-bond acceptors (Lipinski definition) is 5. The first kappa shape index (κ1) is 14.9. The van der Waals surface area contributed by atoms with Gasteiger partial charge in [0.25, 0.3) is 0 Å². The van der Waals surface area contributed by atoms with Crippen molar-refractivity contribution in [2.75, 3.05) is 17.2 Å². The van der Waals surface area contributed by atoms with E-state index in [4.69, 9.17) is 11.6 Å². The molecule has 1 aromatic rings. The lowest BCUT2D eigenvalue weighted by Crippen LogP contribution is -2.27. The van der Waals surface area contributed by atoms with Gasteiger partial charge in [0, 0.05) is 25.1 Å². The van der Waals surface area contributed by atoms with Crippen molar-refractivity contribution < 1.29 is 17.1 Å². The lowest BCUT2D eigenvalue weighted by molar-refractivity contribution is -0.117. The predicted molar refractivity (Wildman–Crippen MR) is 75.1 cm³/mol. The van der Waals surface area contributed by atoms with Crippen LogP contribution in [-0.2, 0) is 15.0 Å². The average molecular weight is 420 g/mol. The molecule has 1 aliphatic heterocycles. The Bertz CT molecular complexity index is 627. The van der Waals surface area contributed by atoms with Gasteiger partial charge in [0.05, 0.1) is 9.32 Å². The largest absolute Gasteiger partial charge is 0.302 e. The van der Waals surface area contributed by atoms with E-state index in [-0.39, 0.29) is 24.2 Å². The second-order valence-corrected chi connectivity index (χ2v) is 7.00. The van der Waals surface area contributed by atoms with E-state index >= 15 is 0 Å². The first-order chi connectivity index (χ1) is 8.76. The average Bonchev–Trinajstić information content (AvgIpc) is 2.60. The fraction of sp³-hybridized carbons (Fsp3) is 0.444. The van der Waals surface area contributed by atoms with E-state index in [9.17, 15) is 17.1 Å². The van der Waals surface area contributed by atoms with Crippen molar-refractivity contribution in [2.45, 2.75) is 6.42 Å². The van der Waals surface area contributed by atoms with Crippen LogP contribution in [0.15, 0.2) is 6.20 Å². The van der Waals surface area contributed by atoms with Crippen LogP contribution in [0.1, 0.15) is 6.42 Å². The van der Waals surface area contributed by atoms with Crippen molar-refractivity contribution in [1.82, 2.24) is 9.97 Å². The third kappa shape index (κ3) is 3.72. The molecule has 1 saturated heterocycles. The van der Waals surface area contributed by atoms with Crippen LogP contribution in [0, 0.1) is 9.49 Å². The van der Waals surface area contributed by atoms with Gasteiger partial charge >= 0.3 is 10.2 Å². The van der Waals surface area contributed by atoms with Crippen LogP contribution in [0.2, 0.25) is 5.28 Å². The van der Waals surface area contributed by atoms with Crippen LogP contribution < -0.4 is 4.90 Å². The number of hydrogen-bond donors (Lipinski definition) is 0. The smallest absolute Gasteiger partial charge is 0.295 e. The van der Waals surface area contributed by atoms with Crippen LogP contribution >= 0.6 is 34.2 Å². The molecule has 1 amide bonds. The van der Waals surface area contributed by atoms with Gasteiger partial charge in [-0.15, -0.1) is 3.89 Å². The minimum Gasteiger partial charge on any atom is -0.295 e. The van der Waals surface area contributed by atoms with Gasteiger partial charge in [-0.3, -0.25) is 9.69 Å². The summed E-state index contributed by atoms with van der Waals surface area (Å²) in [4.78, 5) is 20.9. The molecule has 1 aliphatic rings. The number of rotatable bonds is 3. The maximum atomic E-state index is 12.6. The maximum absolute atomic E-state index is 12.6. The van der Waals surface area contributed by atoms with E-state index in [1.54, 1.807) is 0 Å². The molecule has 0 aliphatic carbocycles. The molecule has 1 aromatic heterocycles. The van der Waals surface area contributed by atoms with Crippen LogP contribution in [-0.4, -0.2) is 36.6 Å². The summed E-state index contributed by atoms with van der Waals surface area (Å²) in [5.41, 5.74) is 0. The van der Waals surface area contributed by atoms with Gasteiger partial charge in [-0.25, -0.2) is 4.98 Å². The van der Waals surface area contributed by atoms with Crippen LogP contribution in [0.3, 0.4) is 0 Å². The Morgan fingerprint density at radius 2 is 2.26 bits per heavy atom. The molecule has 0 saturated carbocycles. The Morgan fingerprint density at radius 3 is 2.89 bits per heavy atom. The van der Waals surface area contributed by atoms with E-state index < -0.39 is 21.9 Å². The molecule has 2 rings (SSSR count). The molecule has 10 heteroatoms. The molecule has 19 heavy (non-hydrogen) atoms. The van der Waals surface area contributed by atoms with Crippen molar-refractivity contribution >= 4 is 56.1 Å². The summed E-state index contributed by atoms with van der Waals surface area (Å²) in [5.74, 6) is -1.22. The van der Waals surface area contributed by atoms with Gasteiger partial charge in [0.2, 0.25) is 11.2 Å². The highest BCUT2D eigenvalue weighted by atomic mass is 127. The molecule has 0 radical (unpaired) electrons. The molecule has 0 aromatic carbocycles. The predicted octanol–water partition coefficient (Wildman–Crippen LogP) is 1.39. The van der Waals surface area contributed by atoms with Crippen molar-refractivity contribution in [3.63, 3.8) is 0 Å². The fourth-order valence-electron chi connectivity index (χ4n) is 1.91. The first-order valence-corrected chi connectivity index (χ1v) is 8.18. The minimum absolute atomic E-state index is 0.00946. The number of anilines is 1. The lowest BCUT2D eigenvalue weighted by Gasteiger charge is -2.16. The molecule has 2 heterocycles. The van der Waals surface area contributed by atoms with Gasteiger partial charge in [0.15, 0.2) is 5.82 Å².